The molecule has 0 bridgehead atoms. The summed E-state index contributed by atoms with van der Waals surface area (Å²) in [5, 5.41) is 0. The molecule has 3 aliphatic heterocycles. The summed E-state index contributed by atoms with van der Waals surface area (Å²) in [7, 11) is 0. The van der Waals surface area contributed by atoms with Crippen molar-refractivity contribution >= 4 is 11.7 Å². The summed E-state index contributed by atoms with van der Waals surface area (Å²) in [6.45, 7) is 7.38. The molecule has 1 aromatic carbocycles. The quantitative estimate of drug-likeness (QED) is 0.325. The molecule has 0 amide bonds. The second-order valence-corrected chi connectivity index (χ2v) is 8.12. The van der Waals surface area contributed by atoms with Crippen molar-refractivity contribution in [2.75, 3.05) is 6.61 Å². The molecule has 0 saturated carbocycles. The molecule has 3 fully saturated rings. The Hall–Kier alpha value is -2.13. The number of fused-ring (bicyclic) bond motifs is 1. The first-order chi connectivity index (χ1) is 13.7. The lowest BCUT2D eigenvalue weighted by molar-refractivity contribution is -0.234. The number of nitrogens with zero attached hydrogens (tertiary/aromatic N) is 2. The molecule has 3 aliphatic rings. The van der Waals surface area contributed by atoms with Crippen LogP contribution in [0, 0.1) is 0 Å². The van der Waals surface area contributed by atoms with Crippen LogP contribution in [0.1, 0.15) is 33.3 Å². The highest BCUT2D eigenvalue weighted by molar-refractivity contribution is 6.40. The Kier molecular flexibility index (Phi) is 5.06. The molecule has 156 valence electrons. The molecule has 3 saturated heterocycles. The van der Waals surface area contributed by atoms with E-state index < -0.39 is 48.2 Å². The van der Waals surface area contributed by atoms with Crippen LogP contribution in [0.3, 0.4) is 0 Å². The predicted molar refractivity (Wildman–Crippen MR) is 97.7 cm³/mol. The van der Waals surface area contributed by atoms with Crippen LogP contribution in [0.4, 0.5) is 0 Å². The summed E-state index contributed by atoms with van der Waals surface area (Å²) in [5.41, 5.74) is 9.61. The van der Waals surface area contributed by atoms with Gasteiger partial charge < -0.3 is 34.0 Å². The normalized spacial score (nSPS) is 34.4. The van der Waals surface area contributed by atoms with E-state index in [9.17, 15) is 10.3 Å². The van der Waals surface area contributed by atoms with Gasteiger partial charge in [-0.1, -0.05) is 18.2 Å². The number of hydrogen-bond acceptors (Lipinski definition) is 7. The predicted octanol–water partition coefficient (Wildman–Crippen LogP) is 1.65. The van der Waals surface area contributed by atoms with Gasteiger partial charge in [0.05, 0.1) is 12.2 Å². The van der Waals surface area contributed by atoms with Crippen LogP contribution in [0.2, 0.25) is 0 Å². The molecule has 1 aromatic rings. The molecular weight excluding hydrogens is 380 g/mol. The minimum atomic E-state index is -0.884. The van der Waals surface area contributed by atoms with Gasteiger partial charge in [-0.2, -0.15) is 4.79 Å². The third-order valence-electron chi connectivity index (χ3n) is 5.01. The fourth-order valence-corrected chi connectivity index (χ4v) is 3.81. The summed E-state index contributed by atoms with van der Waals surface area (Å²) in [5.74, 6) is -2.46. The molecule has 3 heterocycles. The maximum absolute atomic E-state index is 12.8. The van der Waals surface area contributed by atoms with E-state index in [2.05, 4.69) is 4.79 Å². The highest BCUT2D eigenvalue weighted by atomic mass is 16.8. The standard InChI is InChI=1S/C20H24N2O7/c1-19(2)24-10-12(27-19)14-15(16-18(26-14)29-20(3,4)28-16)25-17(23)13(22-21)11-8-6-5-7-9-11/h5-9,12,14-16,18H,10H2,1-4H3/t12-,14-,15-,16-,18-/m1/s1. The smallest absolute Gasteiger partial charge is 0.422 e. The zero-order valence-electron chi connectivity index (χ0n) is 16.7. The van der Waals surface area contributed by atoms with Gasteiger partial charge in [-0.05, 0) is 39.8 Å². The van der Waals surface area contributed by atoms with Crippen molar-refractivity contribution in [2.24, 2.45) is 0 Å². The maximum atomic E-state index is 12.8. The summed E-state index contributed by atoms with van der Waals surface area (Å²) >= 11 is 0. The fraction of sp³-hybridized carbons (Fsp3) is 0.600. The Balaban J connectivity index is 1.57. The van der Waals surface area contributed by atoms with Gasteiger partial charge in [-0.25, -0.2) is 4.79 Å². The van der Waals surface area contributed by atoms with Crippen LogP contribution in [-0.2, 0) is 33.2 Å². The molecule has 0 unspecified atom stereocenters. The van der Waals surface area contributed by atoms with E-state index in [1.807, 2.05) is 0 Å². The van der Waals surface area contributed by atoms with Crippen molar-refractivity contribution in [2.45, 2.75) is 70.0 Å². The first-order valence-electron chi connectivity index (χ1n) is 9.50. The maximum Gasteiger partial charge on any atom is 0.422 e. The van der Waals surface area contributed by atoms with Crippen LogP contribution < -0.4 is 0 Å². The van der Waals surface area contributed by atoms with Crippen molar-refractivity contribution in [3.8, 4) is 0 Å². The molecule has 0 radical (unpaired) electrons. The van der Waals surface area contributed by atoms with Gasteiger partial charge in [-0.15, -0.1) is 0 Å². The van der Waals surface area contributed by atoms with E-state index in [4.69, 9.17) is 28.4 Å². The second kappa shape index (κ2) is 7.28. The first kappa shape index (κ1) is 20.2. The summed E-state index contributed by atoms with van der Waals surface area (Å²) < 4.78 is 35.0. The van der Waals surface area contributed by atoms with Crippen LogP contribution in [0.25, 0.3) is 5.53 Å². The number of benzene rings is 1. The number of rotatable bonds is 4. The number of carbonyl (C=O) groups is 1. The minimum absolute atomic E-state index is 0.213. The average Bonchev–Trinajstić information content (AvgIpc) is 3.27. The summed E-state index contributed by atoms with van der Waals surface area (Å²) in [6, 6.07) is 8.55. The molecule has 0 spiro atoms. The number of ether oxygens (including phenoxy) is 6. The Morgan fingerprint density at radius 1 is 1.07 bits per heavy atom. The Morgan fingerprint density at radius 3 is 2.41 bits per heavy atom. The Labute approximate surface area is 168 Å². The van der Waals surface area contributed by atoms with Gasteiger partial charge >= 0.3 is 11.7 Å². The molecule has 0 aromatic heterocycles. The van der Waals surface area contributed by atoms with Crippen LogP contribution in [-0.4, -0.2) is 65.4 Å². The zero-order chi connectivity index (χ0) is 20.8. The van der Waals surface area contributed by atoms with Crippen molar-refractivity contribution in [3.63, 3.8) is 0 Å². The lowest BCUT2D eigenvalue weighted by atomic mass is 10.1. The van der Waals surface area contributed by atoms with E-state index in [0.29, 0.717) is 5.56 Å². The van der Waals surface area contributed by atoms with Crippen LogP contribution in [0.15, 0.2) is 30.3 Å². The molecule has 9 nitrogen and oxygen atoms in total. The van der Waals surface area contributed by atoms with Gasteiger partial charge in [0.15, 0.2) is 30.1 Å². The van der Waals surface area contributed by atoms with E-state index >= 15 is 0 Å². The second-order valence-electron chi connectivity index (χ2n) is 8.12. The van der Waals surface area contributed by atoms with E-state index in [0.717, 1.165) is 0 Å². The van der Waals surface area contributed by atoms with Gasteiger partial charge in [0.1, 0.15) is 12.2 Å². The number of esters is 1. The van der Waals surface area contributed by atoms with Crippen molar-refractivity contribution in [1.29, 1.82) is 0 Å². The average molecular weight is 404 g/mol. The van der Waals surface area contributed by atoms with Crippen molar-refractivity contribution in [1.82, 2.24) is 0 Å². The highest BCUT2D eigenvalue weighted by Crippen LogP contribution is 2.42. The largest absolute Gasteiger partial charge is 0.448 e. The molecule has 29 heavy (non-hydrogen) atoms. The molecule has 4 rings (SSSR count). The van der Waals surface area contributed by atoms with Crippen molar-refractivity contribution in [3.05, 3.63) is 41.4 Å². The van der Waals surface area contributed by atoms with E-state index in [-0.39, 0.29) is 12.3 Å². The molecule has 0 N–H and O–H groups in total. The first-order valence-corrected chi connectivity index (χ1v) is 9.50. The third kappa shape index (κ3) is 3.98. The van der Waals surface area contributed by atoms with Crippen molar-refractivity contribution < 1.29 is 38.0 Å². The lowest BCUT2D eigenvalue weighted by Gasteiger charge is -2.28. The number of carbonyl (C=O) groups excluding carboxylic acids is 1. The number of hydrogen-bond donors (Lipinski definition) is 0. The Bertz CT molecular complexity index is 834. The molecule has 9 heteroatoms. The van der Waals surface area contributed by atoms with Gasteiger partial charge in [0, 0.05) is 0 Å². The SMILES string of the molecule is CC1(C)O[C@H]2O[C@H]([C@H]3COC(C)(C)O3)[C@@H](OC(=O)C(=[N+]=[N-])c3ccccc3)[C@H]2O1. The fourth-order valence-electron chi connectivity index (χ4n) is 3.81. The monoisotopic (exact) mass is 404 g/mol. The van der Waals surface area contributed by atoms with Gasteiger partial charge in [0.2, 0.25) is 0 Å². The molecule has 0 aliphatic carbocycles. The topological polar surface area (TPSA) is 109 Å². The third-order valence-corrected chi connectivity index (χ3v) is 5.01. The lowest BCUT2D eigenvalue weighted by Crippen LogP contribution is -2.46. The Morgan fingerprint density at radius 2 is 1.79 bits per heavy atom. The van der Waals surface area contributed by atoms with E-state index in [1.54, 1.807) is 58.0 Å². The van der Waals surface area contributed by atoms with Gasteiger partial charge in [0.25, 0.3) is 0 Å². The zero-order valence-corrected chi connectivity index (χ0v) is 16.7. The van der Waals surface area contributed by atoms with Crippen LogP contribution >= 0.6 is 0 Å². The van der Waals surface area contributed by atoms with E-state index in [1.165, 1.54) is 0 Å². The molecule has 5 atom stereocenters. The molecular formula is C20H24N2O7. The van der Waals surface area contributed by atoms with Crippen LogP contribution in [0.5, 0.6) is 0 Å². The van der Waals surface area contributed by atoms with Gasteiger partial charge in [-0.3, -0.25) is 0 Å². The minimum Gasteiger partial charge on any atom is -0.448 e. The highest BCUT2D eigenvalue weighted by Gasteiger charge is 2.60. The summed E-state index contributed by atoms with van der Waals surface area (Å²) in [6.07, 6.45) is -3.34. The summed E-state index contributed by atoms with van der Waals surface area (Å²) in [4.78, 5) is 16.0.